The molecule has 0 amide bonds. The highest BCUT2D eigenvalue weighted by atomic mass is 35.5. The topological polar surface area (TPSA) is 72.5 Å². The molecule has 110 valence electrons. The van der Waals surface area contributed by atoms with E-state index in [-0.39, 0.29) is 0 Å². The molecule has 3 atom stereocenters. The highest BCUT2D eigenvalue weighted by molar-refractivity contribution is 6.24. The summed E-state index contributed by atoms with van der Waals surface area (Å²) in [6.07, 6.45) is -0.813. The molecule has 0 aromatic heterocycles. The Bertz CT molecular complexity index is 522. The molecular weight excluding hydrogens is 278 g/mol. The van der Waals surface area contributed by atoms with E-state index >= 15 is 0 Å². The second kappa shape index (κ2) is 5.02. The number of hydrogen-bond donors (Lipinski definition) is 2. The van der Waals surface area contributed by atoms with Gasteiger partial charge in [-0.3, -0.25) is 4.79 Å². The lowest BCUT2D eigenvalue weighted by atomic mass is 9.78. The molecular formula is C15H20ClNO3. The molecule has 1 aliphatic rings. The lowest BCUT2D eigenvalue weighted by molar-refractivity contribution is -0.165. The molecule has 1 aromatic rings. The molecule has 0 heterocycles. The molecule has 0 radical (unpaired) electrons. The van der Waals surface area contributed by atoms with E-state index in [1.165, 1.54) is 0 Å². The third-order valence-electron chi connectivity index (χ3n) is 3.39. The van der Waals surface area contributed by atoms with Crippen LogP contribution in [0.4, 0.5) is 0 Å². The van der Waals surface area contributed by atoms with Crippen molar-refractivity contribution in [3.05, 3.63) is 35.4 Å². The maximum atomic E-state index is 12.2. The van der Waals surface area contributed by atoms with Gasteiger partial charge in [0, 0.05) is 0 Å². The normalized spacial score (nSPS) is 29.7. The van der Waals surface area contributed by atoms with Crippen molar-refractivity contribution in [1.82, 2.24) is 0 Å². The predicted molar refractivity (Wildman–Crippen MR) is 77.2 cm³/mol. The zero-order valence-corrected chi connectivity index (χ0v) is 12.6. The molecule has 5 heteroatoms. The molecule has 1 aromatic carbocycles. The van der Waals surface area contributed by atoms with Crippen LogP contribution in [0.15, 0.2) is 24.3 Å². The number of aliphatic hydroxyl groups excluding tert-OH is 1. The Balaban J connectivity index is 2.33. The first-order valence-electron chi connectivity index (χ1n) is 6.60. The van der Waals surface area contributed by atoms with Gasteiger partial charge in [0.25, 0.3) is 0 Å². The van der Waals surface area contributed by atoms with E-state index in [0.29, 0.717) is 12.0 Å². The first kappa shape index (κ1) is 15.3. The highest BCUT2D eigenvalue weighted by Crippen LogP contribution is 2.40. The lowest BCUT2D eigenvalue weighted by Gasteiger charge is -2.39. The summed E-state index contributed by atoms with van der Waals surface area (Å²) >= 11 is 6.28. The molecule has 0 saturated carbocycles. The number of aliphatic hydroxyl groups is 1. The lowest BCUT2D eigenvalue weighted by Crippen LogP contribution is -2.54. The Kier molecular flexibility index (Phi) is 3.84. The molecule has 20 heavy (non-hydrogen) atoms. The molecule has 4 nitrogen and oxygen atoms in total. The van der Waals surface area contributed by atoms with Crippen LogP contribution in [0.25, 0.3) is 0 Å². The van der Waals surface area contributed by atoms with Gasteiger partial charge in [-0.15, -0.1) is 0 Å². The van der Waals surface area contributed by atoms with Gasteiger partial charge in [0.1, 0.15) is 16.7 Å². The third kappa shape index (κ3) is 2.82. The van der Waals surface area contributed by atoms with Crippen molar-refractivity contribution in [3.8, 4) is 0 Å². The Morgan fingerprint density at radius 1 is 1.45 bits per heavy atom. The summed E-state index contributed by atoms with van der Waals surface area (Å²) in [5, 5.41) is 10.4. The summed E-state index contributed by atoms with van der Waals surface area (Å²) in [5.74, 6) is -1.23. The van der Waals surface area contributed by atoms with Crippen LogP contribution in [0.5, 0.6) is 0 Å². The number of hydrogen-bond acceptors (Lipinski definition) is 4. The van der Waals surface area contributed by atoms with Gasteiger partial charge < -0.3 is 15.6 Å². The number of fused-ring (bicyclic) bond motifs is 1. The average molecular weight is 298 g/mol. The Morgan fingerprint density at radius 2 is 2.05 bits per heavy atom. The van der Waals surface area contributed by atoms with Crippen LogP contribution in [0.3, 0.4) is 0 Å². The van der Waals surface area contributed by atoms with Crippen LogP contribution in [-0.4, -0.2) is 22.8 Å². The van der Waals surface area contributed by atoms with Gasteiger partial charge in [0.2, 0.25) is 0 Å². The Hall–Kier alpha value is -1.10. The summed E-state index contributed by atoms with van der Waals surface area (Å²) < 4.78 is 5.34. The second-order valence-electron chi connectivity index (χ2n) is 6.21. The standard InChI is InChI=1S/C15H20ClNO3/c1-14(2,3)20-13(19)10-8-9-6-4-5-7-11(9)15(16,17)12(10)18/h4-7,10,12,18H,8,17H2,1-3H3/t10-,12-,15+/m1/s1. The number of nitrogens with two attached hydrogens (primary N) is 1. The molecule has 0 bridgehead atoms. The maximum absolute atomic E-state index is 12.2. The average Bonchev–Trinajstić information content (AvgIpc) is 2.32. The fourth-order valence-electron chi connectivity index (χ4n) is 2.46. The molecule has 0 spiro atoms. The number of halogens is 1. The van der Waals surface area contributed by atoms with Crippen LogP contribution in [-0.2, 0) is 21.0 Å². The van der Waals surface area contributed by atoms with Gasteiger partial charge in [-0.1, -0.05) is 35.9 Å². The fourth-order valence-corrected chi connectivity index (χ4v) is 2.80. The molecule has 0 saturated heterocycles. The molecule has 0 aliphatic heterocycles. The van der Waals surface area contributed by atoms with Crippen molar-refractivity contribution in [2.45, 2.75) is 43.9 Å². The third-order valence-corrected chi connectivity index (χ3v) is 3.82. The van der Waals surface area contributed by atoms with Crippen molar-refractivity contribution in [1.29, 1.82) is 0 Å². The van der Waals surface area contributed by atoms with E-state index in [1.54, 1.807) is 26.8 Å². The summed E-state index contributed by atoms with van der Waals surface area (Å²) in [4.78, 5) is 10.7. The number of rotatable bonds is 1. The van der Waals surface area contributed by atoms with Gasteiger partial charge in [-0.25, -0.2) is 0 Å². The monoisotopic (exact) mass is 297 g/mol. The van der Waals surface area contributed by atoms with E-state index in [4.69, 9.17) is 22.1 Å². The van der Waals surface area contributed by atoms with E-state index in [2.05, 4.69) is 0 Å². The van der Waals surface area contributed by atoms with Crippen LogP contribution in [0.1, 0.15) is 31.9 Å². The number of esters is 1. The van der Waals surface area contributed by atoms with Crippen molar-refractivity contribution in [3.63, 3.8) is 0 Å². The zero-order chi connectivity index (χ0) is 15.1. The van der Waals surface area contributed by atoms with Gasteiger partial charge in [0.05, 0.1) is 5.92 Å². The van der Waals surface area contributed by atoms with Crippen LogP contribution >= 0.6 is 11.6 Å². The van der Waals surface area contributed by atoms with E-state index in [0.717, 1.165) is 5.56 Å². The Labute approximate surface area is 123 Å². The number of ether oxygens (including phenoxy) is 1. The number of carbonyl (C=O) groups excluding carboxylic acids is 1. The van der Waals surface area contributed by atoms with Crippen LogP contribution in [0, 0.1) is 5.92 Å². The first-order valence-corrected chi connectivity index (χ1v) is 6.98. The van der Waals surface area contributed by atoms with Crippen molar-refractivity contribution < 1.29 is 14.6 Å². The minimum Gasteiger partial charge on any atom is -0.460 e. The quantitative estimate of drug-likeness (QED) is 0.472. The van der Waals surface area contributed by atoms with Crippen LogP contribution in [0.2, 0.25) is 0 Å². The van der Waals surface area contributed by atoms with E-state index in [1.807, 2.05) is 18.2 Å². The smallest absolute Gasteiger partial charge is 0.312 e. The van der Waals surface area contributed by atoms with Crippen molar-refractivity contribution in [2.75, 3.05) is 0 Å². The predicted octanol–water partition coefficient (Wildman–Crippen LogP) is 1.91. The van der Waals surface area contributed by atoms with Gasteiger partial charge in [0.15, 0.2) is 0 Å². The summed E-state index contributed by atoms with van der Waals surface area (Å²) in [5.41, 5.74) is 6.95. The van der Waals surface area contributed by atoms with E-state index in [9.17, 15) is 9.90 Å². The maximum Gasteiger partial charge on any atom is 0.312 e. The molecule has 3 N–H and O–H groups in total. The zero-order valence-electron chi connectivity index (χ0n) is 11.9. The number of benzene rings is 1. The van der Waals surface area contributed by atoms with E-state index < -0.39 is 28.6 Å². The van der Waals surface area contributed by atoms with Crippen molar-refractivity contribution in [2.24, 2.45) is 11.7 Å². The fraction of sp³-hybridized carbons (Fsp3) is 0.533. The van der Waals surface area contributed by atoms with Gasteiger partial charge in [-0.05, 0) is 38.3 Å². The molecule has 0 unspecified atom stereocenters. The SMILES string of the molecule is CC(C)(C)OC(=O)[C@@H]1Cc2ccccc2[C@@](N)(Cl)[C@@H]1O. The Morgan fingerprint density at radius 3 is 2.65 bits per heavy atom. The van der Waals surface area contributed by atoms with Gasteiger partial charge >= 0.3 is 5.97 Å². The first-order chi connectivity index (χ1) is 9.13. The highest BCUT2D eigenvalue weighted by Gasteiger charge is 2.48. The summed E-state index contributed by atoms with van der Waals surface area (Å²) in [7, 11) is 0. The van der Waals surface area contributed by atoms with Crippen molar-refractivity contribution >= 4 is 17.6 Å². The summed E-state index contributed by atoms with van der Waals surface area (Å²) in [6.45, 7) is 5.35. The second-order valence-corrected chi connectivity index (χ2v) is 6.84. The van der Waals surface area contributed by atoms with Gasteiger partial charge in [-0.2, -0.15) is 0 Å². The minimum atomic E-state index is -1.48. The molecule has 2 rings (SSSR count). The molecule has 1 aliphatic carbocycles. The van der Waals surface area contributed by atoms with Crippen LogP contribution < -0.4 is 5.73 Å². The minimum absolute atomic E-state index is 0.373. The largest absolute Gasteiger partial charge is 0.460 e. The number of carbonyl (C=O) groups is 1. The molecule has 0 fully saturated rings. The number of alkyl halides is 1. The summed E-state index contributed by atoms with van der Waals surface area (Å²) in [6, 6.07) is 7.30.